The number of nitrogen functional groups attached to an aromatic ring is 2. The molecule has 0 saturated heterocycles. The zero-order valence-corrected chi connectivity index (χ0v) is 13.3. The van der Waals surface area contributed by atoms with Crippen molar-refractivity contribution in [3.63, 3.8) is 0 Å². The van der Waals surface area contributed by atoms with E-state index in [1.54, 1.807) is 4.68 Å². The van der Waals surface area contributed by atoms with Crippen molar-refractivity contribution < 1.29 is 0 Å². The Kier molecular flexibility index (Phi) is 3.24. The molecule has 0 aliphatic rings. The average Bonchev–Trinajstić information content (AvgIpc) is 3.17. The van der Waals surface area contributed by atoms with Crippen LogP contribution in [-0.2, 0) is 6.54 Å². The molecule has 0 fully saturated rings. The van der Waals surface area contributed by atoms with Crippen molar-refractivity contribution in [2.24, 2.45) is 0 Å². The largest absolute Gasteiger partial charge is 0.399 e. The molecule has 0 saturated carbocycles. The molecule has 0 spiro atoms. The van der Waals surface area contributed by atoms with Gasteiger partial charge in [0.2, 0.25) is 5.95 Å². The van der Waals surface area contributed by atoms with Crippen molar-refractivity contribution in [2.75, 3.05) is 11.5 Å². The van der Waals surface area contributed by atoms with Crippen LogP contribution in [0.2, 0.25) is 0 Å². The van der Waals surface area contributed by atoms with Crippen molar-refractivity contribution in [1.29, 1.82) is 0 Å². The van der Waals surface area contributed by atoms with Gasteiger partial charge in [-0.3, -0.25) is 15.0 Å². The number of hydrogen-bond donors (Lipinski definition) is 4. The van der Waals surface area contributed by atoms with E-state index >= 15 is 0 Å². The molecule has 0 amide bonds. The lowest BCUT2D eigenvalue weighted by Crippen LogP contribution is -2.05. The predicted molar refractivity (Wildman–Crippen MR) is 92.6 cm³/mol. The maximum atomic E-state index is 11.4. The minimum atomic E-state index is -0.273. The van der Waals surface area contributed by atoms with Crippen molar-refractivity contribution in [2.45, 2.75) is 13.5 Å². The first-order valence-electron chi connectivity index (χ1n) is 7.51. The van der Waals surface area contributed by atoms with Crippen molar-refractivity contribution in [1.82, 2.24) is 35.2 Å². The normalized spacial score (nSPS) is 11.2. The van der Waals surface area contributed by atoms with E-state index in [1.165, 1.54) is 6.07 Å². The van der Waals surface area contributed by atoms with Gasteiger partial charge in [-0.05, 0) is 24.1 Å². The van der Waals surface area contributed by atoms with Gasteiger partial charge in [-0.2, -0.15) is 4.98 Å². The highest BCUT2D eigenvalue weighted by Gasteiger charge is 2.17. The lowest BCUT2D eigenvalue weighted by molar-refractivity contribution is 0.664. The van der Waals surface area contributed by atoms with Crippen LogP contribution in [0.3, 0.4) is 0 Å². The van der Waals surface area contributed by atoms with E-state index in [4.69, 9.17) is 11.5 Å². The summed E-state index contributed by atoms with van der Waals surface area (Å²) in [5, 5.41) is 13.5. The smallest absolute Gasteiger partial charge is 0.264 e. The molecule has 126 valence electrons. The second-order valence-electron chi connectivity index (χ2n) is 5.71. The highest BCUT2D eigenvalue weighted by molar-refractivity contribution is 5.86. The van der Waals surface area contributed by atoms with Gasteiger partial charge in [-0.15, -0.1) is 5.10 Å². The highest BCUT2D eigenvalue weighted by atomic mass is 16.1. The Hall–Kier alpha value is -3.69. The van der Waals surface area contributed by atoms with E-state index in [0.717, 1.165) is 16.8 Å². The van der Waals surface area contributed by atoms with Gasteiger partial charge in [-0.25, -0.2) is 9.67 Å². The van der Waals surface area contributed by atoms with Crippen molar-refractivity contribution >= 4 is 22.8 Å². The molecule has 0 radical (unpaired) electrons. The number of fused-ring (bicyclic) bond motifs is 1. The summed E-state index contributed by atoms with van der Waals surface area (Å²) in [7, 11) is 0. The van der Waals surface area contributed by atoms with Gasteiger partial charge in [0.15, 0.2) is 11.2 Å². The summed E-state index contributed by atoms with van der Waals surface area (Å²) in [6.07, 6.45) is 0. The molecule has 0 atom stereocenters. The first-order chi connectivity index (χ1) is 12.0. The molecule has 1 aromatic carbocycles. The van der Waals surface area contributed by atoms with Crippen LogP contribution in [0.1, 0.15) is 11.1 Å². The molecule has 6 N–H and O–H groups in total. The fourth-order valence-corrected chi connectivity index (χ4v) is 2.64. The number of anilines is 2. The Morgan fingerprint density at radius 1 is 1.16 bits per heavy atom. The Balaban J connectivity index is 1.82. The van der Waals surface area contributed by atoms with E-state index in [-0.39, 0.29) is 11.5 Å². The monoisotopic (exact) mass is 337 g/mol. The van der Waals surface area contributed by atoms with E-state index in [1.807, 2.05) is 25.1 Å². The molecule has 0 aliphatic heterocycles. The maximum Gasteiger partial charge on any atom is 0.264 e. The number of H-pyrrole nitrogens is 2. The van der Waals surface area contributed by atoms with Gasteiger partial charge >= 0.3 is 0 Å². The number of aromatic amines is 2. The van der Waals surface area contributed by atoms with Crippen LogP contribution in [0.5, 0.6) is 0 Å². The molecule has 0 unspecified atom stereocenters. The molecule has 10 nitrogen and oxygen atoms in total. The van der Waals surface area contributed by atoms with E-state index in [0.29, 0.717) is 29.1 Å². The van der Waals surface area contributed by atoms with Gasteiger partial charge in [0, 0.05) is 11.8 Å². The quantitative estimate of drug-likeness (QED) is 0.394. The molecule has 10 heteroatoms. The summed E-state index contributed by atoms with van der Waals surface area (Å²) in [6.45, 7) is 2.40. The molecular formula is C15H15N9O. The van der Waals surface area contributed by atoms with Crippen molar-refractivity contribution in [3.8, 4) is 11.4 Å². The minimum absolute atomic E-state index is 0.0709. The Bertz CT molecular complexity index is 1140. The lowest BCUT2D eigenvalue weighted by Gasteiger charge is -2.06. The Labute approximate surface area is 140 Å². The van der Waals surface area contributed by atoms with Crippen LogP contribution in [0.4, 0.5) is 11.6 Å². The van der Waals surface area contributed by atoms with Gasteiger partial charge in [0.05, 0.1) is 12.2 Å². The molecule has 4 rings (SSSR count). The summed E-state index contributed by atoms with van der Waals surface area (Å²) in [6, 6.07) is 7.13. The summed E-state index contributed by atoms with van der Waals surface area (Å²) in [4.78, 5) is 19.8. The van der Waals surface area contributed by atoms with Gasteiger partial charge in [0.1, 0.15) is 5.69 Å². The van der Waals surface area contributed by atoms with Crippen LogP contribution in [0.25, 0.3) is 22.6 Å². The van der Waals surface area contributed by atoms with Gasteiger partial charge < -0.3 is 11.5 Å². The van der Waals surface area contributed by atoms with Crippen molar-refractivity contribution in [3.05, 3.63) is 45.7 Å². The summed E-state index contributed by atoms with van der Waals surface area (Å²) in [5.74, 6) is 0.0709. The molecular weight excluding hydrogens is 322 g/mol. The van der Waals surface area contributed by atoms with Gasteiger partial charge in [0.25, 0.3) is 5.56 Å². The molecule has 0 bridgehead atoms. The number of benzene rings is 1. The standard InChI is InChI=1S/C15H15N9O/c1-7-4-8(2-3-9(7)16)6-24-14-13(22-23-24)12(18-15(17)19-14)10-5-11(25)21-20-10/h2-5H,6,16H2,1H3,(H2,17,18,19)(H2,20,21,25). The van der Waals surface area contributed by atoms with Gasteiger partial charge in [-0.1, -0.05) is 17.3 Å². The minimum Gasteiger partial charge on any atom is -0.399 e. The van der Waals surface area contributed by atoms with Crippen LogP contribution in [-0.4, -0.2) is 35.2 Å². The number of rotatable bonds is 3. The third-order valence-corrected chi connectivity index (χ3v) is 3.90. The zero-order valence-electron chi connectivity index (χ0n) is 13.3. The fraction of sp³-hybridized carbons (Fsp3) is 0.133. The second-order valence-corrected chi connectivity index (χ2v) is 5.71. The number of nitrogens with zero attached hydrogens (tertiary/aromatic N) is 5. The zero-order chi connectivity index (χ0) is 17.6. The summed E-state index contributed by atoms with van der Waals surface area (Å²) < 4.78 is 1.63. The van der Waals surface area contributed by atoms with Crippen LogP contribution >= 0.6 is 0 Å². The molecule has 0 aliphatic carbocycles. The molecule has 4 aromatic rings. The first-order valence-corrected chi connectivity index (χ1v) is 7.51. The second kappa shape index (κ2) is 5.44. The number of aryl methyl sites for hydroxylation is 1. The lowest BCUT2D eigenvalue weighted by atomic mass is 10.1. The summed E-state index contributed by atoms with van der Waals surface area (Å²) >= 11 is 0. The fourth-order valence-electron chi connectivity index (χ4n) is 2.64. The Morgan fingerprint density at radius 2 is 2.00 bits per heavy atom. The number of nitrogens with two attached hydrogens (primary N) is 2. The maximum absolute atomic E-state index is 11.4. The van der Waals surface area contributed by atoms with Crippen LogP contribution in [0.15, 0.2) is 29.1 Å². The predicted octanol–water partition coefficient (Wildman–Crippen LogP) is 0.426. The Morgan fingerprint density at radius 3 is 2.72 bits per heavy atom. The van der Waals surface area contributed by atoms with E-state index < -0.39 is 0 Å². The topological polar surface area (TPSA) is 157 Å². The third-order valence-electron chi connectivity index (χ3n) is 3.90. The number of hydrogen-bond acceptors (Lipinski definition) is 7. The highest BCUT2D eigenvalue weighted by Crippen LogP contribution is 2.23. The number of nitrogens with one attached hydrogen (secondary N) is 2. The van der Waals surface area contributed by atoms with E-state index in [9.17, 15) is 4.79 Å². The molecule has 3 heterocycles. The van der Waals surface area contributed by atoms with Crippen LogP contribution in [0, 0.1) is 6.92 Å². The van der Waals surface area contributed by atoms with Crippen LogP contribution < -0.4 is 17.0 Å². The molecule has 25 heavy (non-hydrogen) atoms. The summed E-state index contributed by atoms with van der Waals surface area (Å²) in [5.41, 5.74) is 16.0. The first kappa shape index (κ1) is 14.9. The van der Waals surface area contributed by atoms with E-state index in [2.05, 4.69) is 30.5 Å². The molecule has 3 aromatic heterocycles. The third kappa shape index (κ3) is 2.59. The number of aromatic nitrogens is 7. The average molecular weight is 337 g/mol. The SMILES string of the molecule is Cc1cc(Cn2nnc3c(-c4cc(=O)[nH][nH]4)nc(N)nc32)ccc1N.